The number of hydrogen-bond donors (Lipinski definition) is 6. The molecule has 0 saturated heterocycles. The first-order valence-electron chi connectivity index (χ1n) is 8.72. The minimum absolute atomic E-state index is 0.144. The van der Waals surface area contributed by atoms with Gasteiger partial charge in [0.1, 0.15) is 12.1 Å². The van der Waals surface area contributed by atoms with E-state index in [9.17, 15) is 33.6 Å². The number of nitrogens with zero attached hydrogens (tertiary/aromatic N) is 2. The van der Waals surface area contributed by atoms with E-state index in [2.05, 4.69) is 4.74 Å². The summed E-state index contributed by atoms with van der Waals surface area (Å²) in [7, 11) is 0. The monoisotopic (exact) mass is 466 g/mol. The lowest BCUT2D eigenvalue weighted by Crippen LogP contribution is -2.48. The van der Waals surface area contributed by atoms with Crippen LogP contribution < -0.4 is 11.5 Å². The third-order valence-electron chi connectivity index (χ3n) is 3.60. The molecule has 0 aliphatic rings. The Bertz CT molecular complexity index is 667. The van der Waals surface area contributed by atoms with Gasteiger partial charge in [0.2, 0.25) is 11.8 Å². The fourth-order valence-electron chi connectivity index (χ4n) is 2.20. The maximum absolute atomic E-state index is 11.0. The molecule has 16 heteroatoms. The van der Waals surface area contributed by atoms with Crippen molar-refractivity contribution in [2.24, 2.45) is 11.5 Å². The predicted octanol–water partition coefficient (Wildman–Crippen LogP) is -3.79. The Morgan fingerprint density at radius 2 is 1.25 bits per heavy atom. The van der Waals surface area contributed by atoms with Gasteiger partial charge in [-0.2, -0.15) is 0 Å². The van der Waals surface area contributed by atoms with Crippen molar-refractivity contribution in [1.29, 1.82) is 0 Å². The van der Waals surface area contributed by atoms with E-state index in [0.717, 1.165) is 9.80 Å². The Balaban J connectivity index is 0. The Morgan fingerprint density at radius 1 is 0.812 bits per heavy atom. The highest BCUT2D eigenvalue weighted by molar-refractivity contribution is 5.81. The van der Waals surface area contributed by atoms with E-state index >= 15 is 0 Å². The lowest BCUT2D eigenvalue weighted by molar-refractivity contribution is -0.149. The largest absolute Gasteiger partial charge is 0.480 e. The molecule has 0 aliphatic carbocycles. The van der Waals surface area contributed by atoms with Gasteiger partial charge in [0.05, 0.1) is 32.8 Å². The van der Waals surface area contributed by atoms with Crippen molar-refractivity contribution >= 4 is 42.2 Å². The predicted molar refractivity (Wildman–Crippen MR) is 102 cm³/mol. The first kappa shape index (κ1) is 30.4. The van der Waals surface area contributed by atoms with E-state index in [1.165, 1.54) is 6.92 Å². The molecular weight excluding hydrogens is 440 g/mol. The van der Waals surface area contributed by atoms with Gasteiger partial charge in [-0.05, 0) is 6.92 Å². The molecule has 2 unspecified atom stereocenters. The molecule has 0 spiro atoms. The zero-order valence-electron chi connectivity index (χ0n) is 17.1. The molecule has 0 aliphatic heterocycles. The molecule has 0 bridgehead atoms. The number of hydrogen-bond acceptors (Lipinski definition) is 10. The van der Waals surface area contributed by atoms with Crippen LogP contribution in [0.1, 0.15) is 13.3 Å². The summed E-state index contributed by atoms with van der Waals surface area (Å²) in [4.78, 5) is 75.4. The van der Waals surface area contributed by atoms with Gasteiger partial charge in [0, 0.05) is 6.42 Å². The van der Waals surface area contributed by atoms with Crippen molar-refractivity contribution < 1.29 is 58.7 Å². The summed E-state index contributed by atoms with van der Waals surface area (Å²) in [5.74, 6) is -6.64. The van der Waals surface area contributed by atoms with E-state index in [0.29, 0.717) is 0 Å². The second kappa shape index (κ2) is 16.0. The van der Waals surface area contributed by atoms with E-state index in [1.54, 1.807) is 0 Å². The van der Waals surface area contributed by atoms with Crippen LogP contribution in [0.4, 0.5) is 0 Å². The minimum atomic E-state index is -1.33. The highest BCUT2D eigenvalue weighted by atomic mass is 16.5. The number of carboxylic acid groups (broad SMARTS) is 4. The summed E-state index contributed by atoms with van der Waals surface area (Å²) in [5.41, 5.74) is 9.75. The lowest BCUT2D eigenvalue weighted by Gasteiger charge is -2.25. The summed E-state index contributed by atoms with van der Waals surface area (Å²) in [6.07, 6.45) is -0.144. The molecule has 0 radical (unpaired) electrons. The molecule has 0 saturated carbocycles. The third-order valence-corrected chi connectivity index (χ3v) is 3.60. The Labute approximate surface area is 181 Å². The number of aliphatic carboxylic acids is 4. The standard InChI is InChI=1S/C9H14N2O7.C7H12N2O5/c10-7(13)3-11(4-8(14)15)6(9(16)17)1-2-18-5-12;1-4(7(13)14)9(2-5(8)10)3-6(11)12/h5-6H,1-4H2,(H2,10,13)(H,14,15)(H,16,17);4H,2-3H2,1H3,(H2,8,10)(H,11,12)(H,13,14). The van der Waals surface area contributed by atoms with Gasteiger partial charge >= 0.3 is 23.9 Å². The van der Waals surface area contributed by atoms with E-state index < -0.39 is 67.4 Å². The summed E-state index contributed by atoms with van der Waals surface area (Å²) < 4.78 is 4.34. The average molecular weight is 466 g/mol. The van der Waals surface area contributed by atoms with Crippen LogP contribution in [0.5, 0.6) is 0 Å². The van der Waals surface area contributed by atoms with Gasteiger partial charge in [0.15, 0.2) is 0 Å². The lowest BCUT2D eigenvalue weighted by atomic mass is 10.1. The van der Waals surface area contributed by atoms with Crippen LogP contribution in [-0.4, -0.2) is 117 Å². The van der Waals surface area contributed by atoms with Crippen LogP contribution in [0.3, 0.4) is 0 Å². The number of rotatable bonds is 16. The van der Waals surface area contributed by atoms with Gasteiger partial charge in [-0.1, -0.05) is 0 Å². The van der Waals surface area contributed by atoms with Gasteiger partial charge < -0.3 is 36.6 Å². The molecule has 8 N–H and O–H groups in total. The summed E-state index contributed by atoms with van der Waals surface area (Å²) in [6, 6.07) is -2.33. The number of ether oxygens (including phenoxy) is 1. The Morgan fingerprint density at radius 3 is 1.59 bits per heavy atom. The molecule has 16 nitrogen and oxygen atoms in total. The third kappa shape index (κ3) is 15.1. The fraction of sp³-hybridized carbons (Fsp3) is 0.562. The molecule has 2 atom stereocenters. The van der Waals surface area contributed by atoms with Crippen molar-refractivity contribution in [1.82, 2.24) is 9.80 Å². The van der Waals surface area contributed by atoms with Crippen molar-refractivity contribution in [3.63, 3.8) is 0 Å². The molecule has 0 fully saturated rings. The smallest absolute Gasteiger partial charge is 0.321 e. The van der Waals surface area contributed by atoms with Gasteiger partial charge in [-0.25, -0.2) is 0 Å². The van der Waals surface area contributed by atoms with Gasteiger partial charge in [-0.3, -0.25) is 43.4 Å². The molecular formula is C16H26N4O12. The van der Waals surface area contributed by atoms with Crippen LogP contribution in [0.15, 0.2) is 0 Å². The number of amides is 2. The van der Waals surface area contributed by atoms with Crippen LogP contribution in [0.25, 0.3) is 0 Å². The quantitative estimate of drug-likeness (QED) is 0.0940. The summed E-state index contributed by atoms with van der Waals surface area (Å²) >= 11 is 0. The molecule has 0 rings (SSSR count). The van der Waals surface area contributed by atoms with E-state index in [4.69, 9.17) is 31.9 Å². The van der Waals surface area contributed by atoms with Gasteiger partial charge in [-0.15, -0.1) is 0 Å². The average Bonchev–Trinajstić information content (AvgIpc) is 2.62. The molecule has 0 aromatic rings. The first-order valence-corrected chi connectivity index (χ1v) is 8.72. The Kier molecular flexibility index (Phi) is 15.2. The van der Waals surface area contributed by atoms with Crippen LogP contribution in [-0.2, 0) is 38.3 Å². The maximum atomic E-state index is 11.0. The van der Waals surface area contributed by atoms with Crippen LogP contribution in [0.2, 0.25) is 0 Å². The van der Waals surface area contributed by atoms with Crippen LogP contribution in [0, 0.1) is 0 Å². The number of carbonyl (C=O) groups is 7. The number of nitrogens with two attached hydrogens (primary N) is 2. The van der Waals surface area contributed by atoms with Gasteiger partial charge in [0.25, 0.3) is 6.47 Å². The highest BCUT2D eigenvalue weighted by Crippen LogP contribution is 2.05. The summed E-state index contributed by atoms with van der Waals surface area (Å²) in [6.45, 7) is -0.848. The SMILES string of the molecule is CC(C(=O)O)N(CC(N)=O)CC(=O)O.NC(=O)CN(CC(=O)O)C(CCOC=O)C(=O)O. The zero-order valence-corrected chi connectivity index (χ0v) is 17.1. The van der Waals surface area contributed by atoms with Crippen molar-refractivity contribution in [2.45, 2.75) is 25.4 Å². The van der Waals surface area contributed by atoms with E-state index in [-0.39, 0.29) is 26.0 Å². The summed E-state index contributed by atoms with van der Waals surface area (Å²) in [5, 5.41) is 34.6. The van der Waals surface area contributed by atoms with Crippen molar-refractivity contribution in [2.75, 3.05) is 32.8 Å². The van der Waals surface area contributed by atoms with E-state index in [1.807, 2.05) is 0 Å². The first-order chi connectivity index (χ1) is 14.7. The minimum Gasteiger partial charge on any atom is -0.480 e. The number of carboxylic acids is 4. The number of primary amides is 2. The number of carbonyl (C=O) groups excluding carboxylic acids is 3. The maximum Gasteiger partial charge on any atom is 0.321 e. The Hall–Kier alpha value is -3.79. The highest BCUT2D eigenvalue weighted by Gasteiger charge is 2.28. The second-order valence-corrected chi connectivity index (χ2v) is 6.15. The van der Waals surface area contributed by atoms with Crippen molar-refractivity contribution in [3.05, 3.63) is 0 Å². The molecule has 32 heavy (non-hydrogen) atoms. The second-order valence-electron chi connectivity index (χ2n) is 6.15. The molecule has 0 aromatic heterocycles. The molecule has 0 heterocycles. The molecule has 2 amide bonds. The zero-order chi connectivity index (χ0) is 25.4. The molecule has 182 valence electrons. The normalized spacial score (nSPS) is 12.1. The van der Waals surface area contributed by atoms with Crippen molar-refractivity contribution in [3.8, 4) is 0 Å². The fourth-order valence-corrected chi connectivity index (χ4v) is 2.20. The van der Waals surface area contributed by atoms with Crippen LogP contribution >= 0.6 is 0 Å². The molecule has 0 aromatic carbocycles. The topological polar surface area (TPSA) is 268 Å².